The molecule has 11 heteroatoms. The van der Waals surface area contributed by atoms with E-state index in [0.717, 1.165) is 18.2 Å². The van der Waals surface area contributed by atoms with Crippen molar-refractivity contribution in [1.82, 2.24) is 24.9 Å². The fourth-order valence-electron chi connectivity index (χ4n) is 3.24. The molecule has 6 nitrogen and oxygen atoms in total. The van der Waals surface area contributed by atoms with Crippen molar-refractivity contribution in [3.8, 4) is 34.2 Å². The fraction of sp³-hybridized carbons (Fsp3) is 0.0909. The fourth-order valence-corrected chi connectivity index (χ4v) is 3.24. The number of benzene rings is 2. The first kappa shape index (κ1) is 20.7. The maximum atomic E-state index is 14.0. The Morgan fingerprint density at radius 1 is 0.879 bits per heavy atom. The summed E-state index contributed by atoms with van der Waals surface area (Å²) >= 11 is 0. The summed E-state index contributed by atoms with van der Waals surface area (Å²) in [7, 11) is 0. The third-order valence-electron chi connectivity index (χ3n) is 4.87. The van der Waals surface area contributed by atoms with Gasteiger partial charge < -0.3 is 4.52 Å². The number of hydrogen-bond donors (Lipinski definition) is 0. The van der Waals surface area contributed by atoms with Gasteiger partial charge in [-0.25, -0.2) is 18.7 Å². The van der Waals surface area contributed by atoms with E-state index >= 15 is 0 Å². The highest BCUT2D eigenvalue weighted by atomic mass is 19.4. The minimum Gasteiger partial charge on any atom is -0.359 e. The minimum atomic E-state index is -4.42. The van der Waals surface area contributed by atoms with Crippen molar-refractivity contribution in [3.63, 3.8) is 0 Å². The van der Waals surface area contributed by atoms with Gasteiger partial charge in [-0.15, -0.1) is 0 Å². The van der Waals surface area contributed by atoms with Crippen LogP contribution in [0.5, 0.6) is 0 Å². The number of hydrogen-bond acceptors (Lipinski definition) is 5. The van der Waals surface area contributed by atoms with Gasteiger partial charge in [-0.1, -0.05) is 23.4 Å². The summed E-state index contributed by atoms with van der Waals surface area (Å²) < 4.78 is 72.5. The van der Waals surface area contributed by atoms with Crippen LogP contribution in [0.4, 0.5) is 22.0 Å². The Labute approximate surface area is 182 Å². The lowest BCUT2D eigenvalue weighted by atomic mass is 10.1. The summed E-state index contributed by atoms with van der Waals surface area (Å²) in [6, 6.07) is 11.5. The predicted octanol–water partition coefficient (Wildman–Crippen LogP) is 5.45. The molecule has 2 aliphatic heterocycles. The molecule has 0 unspecified atom stereocenters. The summed E-state index contributed by atoms with van der Waals surface area (Å²) in [5.41, 5.74) is 0.410. The van der Waals surface area contributed by atoms with Gasteiger partial charge in [0.05, 0.1) is 11.1 Å². The van der Waals surface area contributed by atoms with Crippen LogP contribution in [0.2, 0.25) is 0 Å². The summed E-state index contributed by atoms with van der Waals surface area (Å²) in [6.07, 6.45) is -2.82. The lowest BCUT2D eigenvalue weighted by molar-refractivity contribution is -0.137. The molecule has 33 heavy (non-hydrogen) atoms. The first-order valence-corrected chi connectivity index (χ1v) is 9.57. The van der Waals surface area contributed by atoms with Crippen molar-refractivity contribution >= 4 is 0 Å². The molecule has 0 N–H and O–H groups in total. The van der Waals surface area contributed by atoms with E-state index in [9.17, 15) is 22.0 Å². The molecule has 5 rings (SSSR count). The Balaban J connectivity index is 1.37. The van der Waals surface area contributed by atoms with Crippen LogP contribution >= 0.6 is 0 Å². The van der Waals surface area contributed by atoms with Crippen LogP contribution in [0.25, 0.3) is 34.2 Å². The molecule has 0 fully saturated rings. The largest absolute Gasteiger partial charge is 0.416 e. The molecule has 0 amide bonds. The molecule has 0 saturated carbocycles. The van der Waals surface area contributed by atoms with Crippen molar-refractivity contribution in [1.29, 1.82) is 0 Å². The number of nitrogens with zero attached hydrogens (tertiary/aromatic N) is 5. The van der Waals surface area contributed by atoms with E-state index in [-0.39, 0.29) is 23.8 Å². The van der Waals surface area contributed by atoms with Crippen molar-refractivity contribution in [3.05, 3.63) is 83.8 Å². The van der Waals surface area contributed by atoms with E-state index in [1.54, 1.807) is 18.3 Å². The van der Waals surface area contributed by atoms with E-state index in [0.29, 0.717) is 22.7 Å². The van der Waals surface area contributed by atoms with Gasteiger partial charge in [0.25, 0.3) is 0 Å². The van der Waals surface area contributed by atoms with Crippen LogP contribution < -0.4 is 0 Å². The molecule has 0 saturated heterocycles. The second-order valence-electron chi connectivity index (χ2n) is 7.12. The molecule has 0 atom stereocenters. The highest BCUT2D eigenvalue weighted by Crippen LogP contribution is 2.31. The lowest BCUT2D eigenvalue weighted by Crippen LogP contribution is -2.05. The third kappa shape index (κ3) is 4.04. The number of fused-ring (bicyclic) bond motifs is 1. The molecule has 3 heterocycles. The number of halogens is 5. The number of aromatic nitrogens is 5. The molecular formula is C22H12F5N5O. The van der Waals surface area contributed by atoms with Gasteiger partial charge in [0.15, 0.2) is 29.0 Å². The van der Waals surface area contributed by atoms with E-state index in [4.69, 9.17) is 4.52 Å². The van der Waals surface area contributed by atoms with E-state index in [1.807, 2.05) is 0 Å². The molecule has 2 aliphatic rings. The van der Waals surface area contributed by atoms with Crippen molar-refractivity contribution < 1.29 is 26.5 Å². The highest BCUT2D eigenvalue weighted by Gasteiger charge is 2.30. The third-order valence-corrected chi connectivity index (χ3v) is 4.87. The van der Waals surface area contributed by atoms with Crippen LogP contribution in [-0.4, -0.2) is 24.9 Å². The Kier molecular flexibility index (Phi) is 4.88. The van der Waals surface area contributed by atoms with Crippen LogP contribution in [0.15, 0.2) is 65.3 Å². The SMILES string of the molecule is Fc1cccc(-c2nc3ccn(Cc4cc(-c5ccc(C(F)(F)F)cc5)no4)nc-3n2)c1F. The standard InChI is InChI=1S/C22H12F5N5O/c23-16-3-1-2-15(19(16)24)20-28-17-8-9-32(30-21(17)29-20)11-14-10-18(31-33-14)12-4-6-13(7-5-12)22(25,26)27/h1-10H,11H2. The first-order valence-electron chi connectivity index (χ1n) is 9.57. The molecule has 166 valence electrons. The number of imidazole rings is 1. The monoisotopic (exact) mass is 457 g/mol. The summed E-state index contributed by atoms with van der Waals surface area (Å²) in [4.78, 5) is 8.37. The maximum Gasteiger partial charge on any atom is 0.416 e. The topological polar surface area (TPSA) is 69.6 Å². The Morgan fingerprint density at radius 3 is 2.42 bits per heavy atom. The molecule has 0 aliphatic carbocycles. The Hall–Kier alpha value is -4.15. The smallest absolute Gasteiger partial charge is 0.359 e. The number of alkyl halides is 3. The van der Waals surface area contributed by atoms with Gasteiger partial charge in [0, 0.05) is 17.8 Å². The molecule has 0 radical (unpaired) electrons. The van der Waals surface area contributed by atoms with Gasteiger partial charge in [-0.3, -0.25) is 4.68 Å². The van der Waals surface area contributed by atoms with Gasteiger partial charge in [0.1, 0.15) is 17.9 Å². The average molecular weight is 457 g/mol. The van der Waals surface area contributed by atoms with Crippen LogP contribution in [0.3, 0.4) is 0 Å². The maximum absolute atomic E-state index is 14.0. The van der Waals surface area contributed by atoms with Crippen molar-refractivity contribution in [2.45, 2.75) is 12.7 Å². The number of rotatable bonds is 4. The van der Waals surface area contributed by atoms with E-state index < -0.39 is 23.4 Å². The first-order chi connectivity index (χ1) is 15.8. The Morgan fingerprint density at radius 2 is 1.67 bits per heavy atom. The average Bonchev–Trinajstić information content (AvgIpc) is 3.42. The van der Waals surface area contributed by atoms with Crippen LogP contribution in [0.1, 0.15) is 11.3 Å². The predicted molar refractivity (Wildman–Crippen MR) is 106 cm³/mol. The van der Waals surface area contributed by atoms with Crippen LogP contribution in [-0.2, 0) is 12.7 Å². The van der Waals surface area contributed by atoms with Gasteiger partial charge >= 0.3 is 6.18 Å². The quantitative estimate of drug-likeness (QED) is 0.336. The zero-order valence-electron chi connectivity index (χ0n) is 16.5. The molecular weight excluding hydrogens is 445 g/mol. The highest BCUT2D eigenvalue weighted by molar-refractivity contribution is 5.64. The van der Waals surface area contributed by atoms with Gasteiger partial charge in [0.2, 0.25) is 0 Å². The van der Waals surface area contributed by atoms with Crippen LogP contribution in [0, 0.1) is 11.6 Å². The summed E-state index contributed by atoms with van der Waals surface area (Å²) in [5.74, 6) is -1.41. The van der Waals surface area contributed by atoms with Crippen molar-refractivity contribution in [2.24, 2.45) is 0 Å². The Bertz CT molecular complexity index is 1410. The lowest BCUT2D eigenvalue weighted by Gasteiger charge is -2.06. The minimum absolute atomic E-state index is 0.0107. The molecule has 2 aromatic carbocycles. The second-order valence-corrected chi connectivity index (χ2v) is 7.12. The normalized spacial score (nSPS) is 11.9. The molecule has 0 spiro atoms. The van der Waals surface area contributed by atoms with Crippen molar-refractivity contribution in [2.75, 3.05) is 0 Å². The van der Waals surface area contributed by atoms with E-state index in [2.05, 4.69) is 20.2 Å². The summed E-state index contributed by atoms with van der Waals surface area (Å²) in [5, 5.41) is 8.20. The molecule has 3 aromatic rings. The summed E-state index contributed by atoms with van der Waals surface area (Å²) in [6.45, 7) is 0.153. The second kappa shape index (κ2) is 7.76. The zero-order valence-corrected chi connectivity index (χ0v) is 16.5. The molecule has 0 bridgehead atoms. The van der Waals surface area contributed by atoms with E-state index in [1.165, 1.54) is 28.9 Å². The van der Waals surface area contributed by atoms with Gasteiger partial charge in [-0.05, 0) is 30.3 Å². The van der Waals surface area contributed by atoms with Gasteiger partial charge in [-0.2, -0.15) is 18.3 Å². The molecule has 1 aromatic heterocycles. The zero-order chi connectivity index (χ0) is 23.2.